The summed E-state index contributed by atoms with van der Waals surface area (Å²) >= 11 is 0. The molecule has 0 aliphatic heterocycles. The number of nitrogens with one attached hydrogen (secondary N) is 1. The average molecular weight is 303 g/mol. The van der Waals surface area contributed by atoms with Crippen LogP contribution >= 0.6 is 0 Å². The Kier molecular flexibility index (Phi) is 6.01. The van der Waals surface area contributed by atoms with E-state index in [1.54, 1.807) is 0 Å². The summed E-state index contributed by atoms with van der Waals surface area (Å²) in [5.74, 6) is 1.56. The number of benzene rings is 1. The Balaban J connectivity index is 1.88. The van der Waals surface area contributed by atoms with Crippen molar-refractivity contribution in [2.24, 2.45) is 11.8 Å². The number of quaternary nitrogens is 1. The topological polar surface area (TPSA) is 45.7 Å². The van der Waals surface area contributed by atoms with Crippen molar-refractivity contribution in [2.45, 2.75) is 65.5 Å². The first-order valence-corrected chi connectivity index (χ1v) is 8.76. The predicted octanol–water partition coefficient (Wildman–Crippen LogP) is 2.96. The molecule has 3 heteroatoms. The van der Waals surface area contributed by atoms with Gasteiger partial charge >= 0.3 is 0 Å². The third-order valence-electron chi connectivity index (χ3n) is 5.35. The van der Waals surface area contributed by atoms with Gasteiger partial charge in [-0.05, 0) is 56.2 Å². The summed E-state index contributed by atoms with van der Waals surface area (Å²) < 4.78 is 0. The van der Waals surface area contributed by atoms with Crippen LogP contribution in [0.4, 0.5) is 5.69 Å². The second-order valence-corrected chi connectivity index (χ2v) is 6.95. The van der Waals surface area contributed by atoms with Crippen LogP contribution < -0.4 is 10.6 Å². The second kappa shape index (κ2) is 7.77. The Morgan fingerprint density at radius 3 is 2.59 bits per heavy atom. The number of hydrogen-bond acceptors (Lipinski definition) is 1. The quantitative estimate of drug-likeness (QED) is 0.863. The zero-order valence-corrected chi connectivity index (χ0v) is 14.4. The van der Waals surface area contributed by atoms with Crippen molar-refractivity contribution in [2.75, 3.05) is 5.32 Å². The van der Waals surface area contributed by atoms with Crippen LogP contribution in [0.5, 0.6) is 0 Å². The molecule has 0 radical (unpaired) electrons. The minimum Gasteiger partial charge on any atom is -0.334 e. The summed E-state index contributed by atoms with van der Waals surface area (Å²) in [6.45, 7) is 8.82. The van der Waals surface area contributed by atoms with E-state index in [0.29, 0.717) is 12.0 Å². The van der Waals surface area contributed by atoms with Crippen molar-refractivity contribution in [3.05, 3.63) is 29.8 Å². The first-order chi connectivity index (χ1) is 10.5. The van der Waals surface area contributed by atoms with Crippen LogP contribution in [0.2, 0.25) is 0 Å². The van der Waals surface area contributed by atoms with Crippen molar-refractivity contribution in [3.63, 3.8) is 0 Å². The van der Waals surface area contributed by atoms with Gasteiger partial charge in [-0.3, -0.25) is 4.79 Å². The molecule has 1 fully saturated rings. The molecule has 0 saturated heterocycles. The molecule has 1 aromatic rings. The van der Waals surface area contributed by atoms with E-state index in [0.717, 1.165) is 18.0 Å². The number of anilines is 1. The summed E-state index contributed by atoms with van der Waals surface area (Å²) in [5.41, 5.74) is 2.19. The Hall–Kier alpha value is -1.35. The lowest BCUT2D eigenvalue weighted by atomic mass is 9.78. The van der Waals surface area contributed by atoms with Crippen molar-refractivity contribution >= 4 is 11.6 Å². The van der Waals surface area contributed by atoms with Gasteiger partial charge < -0.3 is 10.6 Å². The minimum absolute atomic E-state index is 0.0383. The Morgan fingerprint density at radius 1 is 1.27 bits per heavy atom. The summed E-state index contributed by atoms with van der Waals surface area (Å²) in [5, 5.41) is 5.31. The molecule has 3 N–H and O–H groups in total. The molecule has 0 unspecified atom stereocenters. The maximum atomic E-state index is 12.4. The van der Waals surface area contributed by atoms with Crippen LogP contribution in [0.3, 0.4) is 0 Å². The van der Waals surface area contributed by atoms with E-state index in [4.69, 9.17) is 0 Å². The van der Waals surface area contributed by atoms with Crippen LogP contribution in [0, 0.1) is 11.8 Å². The third kappa shape index (κ3) is 4.33. The molecule has 3 nitrogen and oxygen atoms in total. The standard InChI is InChI=1S/C19H30N2O/c1-5-16-9-11-17(12-10-16)21-19(22)15(4)20-18-8-6-7-13(2)14(18)3/h9-15,18,20H,5-8H2,1-4H3,(H,21,22)/p+1/t13-,14-,15-,18+/m0/s1. The van der Waals surface area contributed by atoms with E-state index in [1.165, 1.54) is 24.8 Å². The lowest BCUT2D eigenvalue weighted by Crippen LogP contribution is -2.97. The molecule has 1 saturated carbocycles. The molecule has 1 aliphatic rings. The SMILES string of the molecule is CCc1ccc(NC(=O)[C@H](C)[NH2+][C@@H]2CCC[C@H](C)[C@@H]2C)cc1. The van der Waals surface area contributed by atoms with Crippen LogP contribution in [0.1, 0.15) is 52.5 Å². The van der Waals surface area contributed by atoms with E-state index >= 15 is 0 Å². The number of amides is 1. The average Bonchev–Trinajstić information content (AvgIpc) is 2.52. The number of carbonyl (C=O) groups is 1. The van der Waals surface area contributed by atoms with E-state index in [9.17, 15) is 4.79 Å². The molecule has 1 aliphatic carbocycles. The van der Waals surface area contributed by atoms with Crippen molar-refractivity contribution < 1.29 is 10.1 Å². The molecule has 0 aromatic heterocycles. The summed E-state index contributed by atoms with van der Waals surface area (Å²) in [6.07, 6.45) is 4.87. The van der Waals surface area contributed by atoms with Gasteiger partial charge in [-0.2, -0.15) is 0 Å². The van der Waals surface area contributed by atoms with Gasteiger partial charge in [0.15, 0.2) is 6.04 Å². The molecule has 1 aromatic carbocycles. The fraction of sp³-hybridized carbons (Fsp3) is 0.632. The Bertz CT molecular complexity index is 483. The predicted molar refractivity (Wildman–Crippen MR) is 91.8 cm³/mol. The van der Waals surface area contributed by atoms with Gasteiger partial charge in [0, 0.05) is 11.6 Å². The normalized spacial score (nSPS) is 26.5. The van der Waals surface area contributed by atoms with Crippen molar-refractivity contribution in [1.82, 2.24) is 0 Å². The maximum absolute atomic E-state index is 12.4. The highest BCUT2D eigenvalue weighted by atomic mass is 16.2. The van der Waals surface area contributed by atoms with Crippen LogP contribution in [0.15, 0.2) is 24.3 Å². The Labute approximate surface area is 134 Å². The lowest BCUT2D eigenvalue weighted by Gasteiger charge is -2.33. The number of hydrogen-bond donors (Lipinski definition) is 2. The molecular formula is C19H31N2O+. The first kappa shape index (κ1) is 17.0. The van der Waals surface area contributed by atoms with Gasteiger partial charge in [-0.25, -0.2) is 0 Å². The van der Waals surface area contributed by atoms with Crippen molar-refractivity contribution in [1.29, 1.82) is 0 Å². The zero-order chi connectivity index (χ0) is 16.1. The smallest absolute Gasteiger partial charge is 0.282 e. The summed E-state index contributed by atoms with van der Waals surface area (Å²) in [6, 6.07) is 8.68. The van der Waals surface area contributed by atoms with Gasteiger partial charge in [-0.15, -0.1) is 0 Å². The van der Waals surface area contributed by atoms with Gasteiger partial charge in [-0.1, -0.05) is 32.9 Å². The number of nitrogens with two attached hydrogens (primary N) is 1. The van der Waals surface area contributed by atoms with E-state index in [2.05, 4.69) is 43.5 Å². The number of rotatable bonds is 5. The molecule has 22 heavy (non-hydrogen) atoms. The highest BCUT2D eigenvalue weighted by Crippen LogP contribution is 2.27. The summed E-state index contributed by atoms with van der Waals surface area (Å²) in [4.78, 5) is 12.4. The first-order valence-electron chi connectivity index (χ1n) is 8.76. The van der Waals surface area contributed by atoms with E-state index in [1.807, 2.05) is 19.1 Å². The largest absolute Gasteiger partial charge is 0.334 e. The number of aryl methyl sites for hydroxylation is 1. The fourth-order valence-electron chi connectivity index (χ4n) is 3.43. The Morgan fingerprint density at radius 2 is 1.95 bits per heavy atom. The molecule has 1 amide bonds. The molecule has 122 valence electrons. The van der Waals surface area contributed by atoms with Crippen molar-refractivity contribution in [3.8, 4) is 0 Å². The van der Waals surface area contributed by atoms with E-state index < -0.39 is 0 Å². The van der Waals surface area contributed by atoms with Gasteiger partial charge in [0.05, 0.1) is 6.04 Å². The third-order valence-corrected chi connectivity index (χ3v) is 5.35. The molecule has 2 rings (SSSR count). The van der Waals surface area contributed by atoms with Gasteiger partial charge in [0.1, 0.15) is 0 Å². The maximum Gasteiger partial charge on any atom is 0.282 e. The van der Waals surface area contributed by atoms with Crippen LogP contribution in [-0.4, -0.2) is 18.0 Å². The molecule has 4 atom stereocenters. The molecule has 0 bridgehead atoms. The highest BCUT2D eigenvalue weighted by Gasteiger charge is 2.32. The zero-order valence-electron chi connectivity index (χ0n) is 14.4. The molecule has 0 spiro atoms. The van der Waals surface area contributed by atoms with Crippen LogP contribution in [-0.2, 0) is 11.2 Å². The fourth-order valence-corrected chi connectivity index (χ4v) is 3.43. The lowest BCUT2D eigenvalue weighted by molar-refractivity contribution is -0.715. The van der Waals surface area contributed by atoms with Gasteiger partial charge in [0.2, 0.25) is 0 Å². The second-order valence-electron chi connectivity index (χ2n) is 6.95. The van der Waals surface area contributed by atoms with Crippen LogP contribution in [0.25, 0.3) is 0 Å². The van der Waals surface area contributed by atoms with Gasteiger partial charge in [0.25, 0.3) is 5.91 Å². The highest BCUT2D eigenvalue weighted by molar-refractivity contribution is 5.93. The number of carbonyl (C=O) groups excluding carboxylic acids is 1. The molecular weight excluding hydrogens is 272 g/mol. The van der Waals surface area contributed by atoms with E-state index in [-0.39, 0.29) is 11.9 Å². The minimum atomic E-state index is -0.0383. The monoisotopic (exact) mass is 303 g/mol. The molecule has 0 heterocycles. The summed E-state index contributed by atoms with van der Waals surface area (Å²) in [7, 11) is 0.